The summed E-state index contributed by atoms with van der Waals surface area (Å²) in [7, 11) is 0. The van der Waals surface area contributed by atoms with Gasteiger partial charge in [-0.2, -0.15) is 0 Å². The van der Waals surface area contributed by atoms with Crippen molar-refractivity contribution < 1.29 is 13.9 Å². The van der Waals surface area contributed by atoms with Crippen LogP contribution >= 0.6 is 24.0 Å². The summed E-state index contributed by atoms with van der Waals surface area (Å²) in [4.78, 5) is 14.5. The highest BCUT2D eigenvalue weighted by molar-refractivity contribution is 6.31. The van der Waals surface area contributed by atoms with E-state index in [1.54, 1.807) is 12.1 Å². The minimum atomic E-state index is -0.310. The van der Waals surface area contributed by atoms with Crippen molar-refractivity contribution in [3.8, 4) is 0 Å². The zero-order valence-electron chi connectivity index (χ0n) is 14.1. The number of carbonyl (C=O) groups is 1. The van der Waals surface area contributed by atoms with Crippen molar-refractivity contribution in [2.45, 2.75) is 37.7 Å². The Kier molecular flexibility index (Phi) is 7.50. The maximum absolute atomic E-state index is 14.0. The van der Waals surface area contributed by atoms with Crippen LogP contribution in [0.4, 0.5) is 4.39 Å². The third-order valence-corrected chi connectivity index (χ3v) is 5.26. The van der Waals surface area contributed by atoms with E-state index >= 15 is 0 Å². The van der Waals surface area contributed by atoms with Gasteiger partial charge in [0.2, 0.25) is 5.91 Å². The van der Waals surface area contributed by atoms with Gasteiger partial charge in [-0.3, -0.25) is 4.79 Å². The SMILES string of the molecule is Cl.NCCCOC1CCN(C(=O)C2CC2c2c(F)cccc2Cl)CC1. The van der Waals surface area contributed by atoms with E-state index in [0.29, 0.717) is 43.2 Å². The van der Waals surface area contributed by atoms with Crippen molar-refractivity contribution in [2.24, 2.45) is 11.7 Å². The molecule has 3 rings (SSSR count). The smallest absolute Gasteiger partial charge is 0.226 e. The van der Waals surface area contributed by atoms with Gasteiger partial charge in [-0.15, -0.1) is 12.4 Å². The van der Waals surface area contributed by atoms with Gasteiger partial charge in [0.25, 0.3) is 0 Å². The number of benzene rings is 1. The normalized spacial score (nSPS) is 23.2. The number of nitrogens with zero attached hydrogens (tertiary/aromatic N) is 1. The summed E-state index contributed by atoms with van der Waals surface area (Å²) in [5.41, 5.74) is 5.96. The lowest BCUT2D eigenvalue weighted by Gasteiger charge is -2.32. The number of ether oxygens (including phenoxy) is 1. The van der Waals surface area contributed by atoms with Gasteiger partial charge in [-0.25, -0.2) is 4.39 Å². The molecule has 0 radical (unpaired) electrons. The molecule has 0 bridgehead atoms. The van der Waals surface area contributed by atoms with Gasteiger partial charge in [-0.05, 0) is 44.4 Å². The molecule has 1 saturated heterocycles. The molecule has 1 aliphatic heterocycles. The highest BCUT2D eigenvalue weighted by atomic mass is 35.5. The lowest BCUT2D eigenvalue weighted by molar-refractivity contribution is -0.135. The third kappa shape index (κ3) is 4.85. The first kappa shape index (κ1) is 20.4. The summed E-state index contributed by atoms with van der Waals surface area (Å²) in [5.74, 6) is -0.395. The van der Waals surface area contributed by atoms with E-state index in [9.17, 15) is 9.18 Å². The van der Waals surface area contributed by atoms with E-state index in [1.807, 2.05) is 4.90 Å². The molecule has 2 fully saturated rings. The fourth-order valence-electron chi connectivity index (χ4n) is 3.46. The molecule has 7 heteroatoms. The van der Waals surface area contributed by atoms with Gasteiger partial charge < -0.3 is 15.4 Å². The summed E-state index contributed by atoms with van der Waals surface area (Å²) >= 11 is 6.11. The van der Waals surface area contributed by atoms with Crippen LogP contribution in [-0.2, 0) is 9.53 Å². The third-order valence-electron chi connectivity index (χ3n) is 4.93. The summed E-state index contributed by atoms with van der Waals surface area (Å²) < 4.78 is 19.7. The molecule has 1 heterocycles. The average Bonchev–Trinajstić information content (AvgIpc) is 3.35. The van der Waals surface area contributed by atoms with E-state index in [0.717, 1.165) is 19.3 Å². The van der Waals surface area contributed by atoms with Crippen LogP contribution in [0.15, 0.2) is 18.2 Å². The number of hydrogen-bond donors (Lipinski definition) is 1. The predicted octanol–water partition coefficient (Wildman–Crippen LogP) is 3.36. The van der Waals surface area contributed by atoms with Crippen LogP contribution in [0.3, 0.4) is 0 Å². The number of piperidine rings is 1. The summed E-state index contributed by atoms with van der Waals surface area (Å²) in [5, 5.41) is 0.419. The average molecular weight is 391 g/mol. The number of halogens is 3. The quantitative estimate of drug-likeness (QED) is 0.757. The van der Waals surface area contributed by atoms with Crippen LogP contribution in [0, 0.1) is 11.7 Å². The summed E-state index contributed by atoms with van der Waals surface area (Å²) in [6.45, 7) is 2.74. The fourth-order valence-corrected chi connectivity index (χ4v) is 3.77. The summed E-state index contributed by atoms with van der Waals surface area (Å²) in [6, 6.07) is 4.69. The highest BCUT2D eigenvalue weighted by Crippen LogP contribution is 2.51. The Morgan fingerprint density at radius 1 is 1.36 bits per heavy atom. The molecule has 1 aliphatic carbocycles. The van der Waals surface area contributed by atoms with E-state index in [4.69, 9.17) is 22.1 Å². The Labute approximate surface area is 159 Å². The monoisotopic (exact) mass is 390 g/mol. The standard InChI is InChI=1S/C18H24ClFN2O2.ClH/c19-15-3-1-4-16(20)17(15)13-11-14(13)18(23)22-8-5-12(6-9-22)24-10-2-7-21;/h1,3-4,12-14H,2,5-11,21H2;1H. The van der Waals surface area contributed by atoms with Gasteiger partial charge in [0.05, 0.1) is 6.10 Å². The van der Waals surface area contributed by atoms with Gasteiger partial charge in [0, 0.05) is 42.1 Å². The van der Waals surface area contributed by atoms with Crippen molar-refractivity contribution in [2.75, 3.05) is 26.2 Å². The van der Waals surface area contributed by atoms with Crippen LogP contribution < -0.4 is 5.73 Å². The van der Waals surface area contributed by atoms with Gasteiger partial charge in [-0.1, -0.05) is 17.7 Å². The molecular weight excluding hydrogens is 366 g/mol. The van der Waals surface area contributed by atoms with Crippen LogP contribution in [-0.4, -0.2) is 43.2 Å². The van der Waals surface area contributed by atoms with Crippen LogP contribution in [0.2, 0.25) is 5.02 Å². The van der Waals surface area contributed by atoms with Crippen molar-refractivity contribution in [1.82, 2.24) is 4.90 Å². The van der Waals surface area contributed by atoms with Crippen LogP contribution in [0.25, 0.3) is 0 Å². The fraction of sp³-hybridized carbons (Fsp3) is 0.611. The van der Waals surface area contributed by atoms with Crippen molar-refractivity contribution in [3.05, 3.63) is 34.6 Å². The van der Waals surface area contributed by atoms with E-state index in [-0.39, 0.29) is 42.1 Å². The summed E-state index contributed by atoms with van der Waals surface area (Å²) in [6.07, 6.45) is 3.48. The second kappa shape index (κ2) is 9.17. The maximum atomic E-state index is 14.0. The zero-order valence-corrected chi connectivity index (χ0v) is 15.7. The number of hydrogen-bond acceptors (Lipinski definition) is 3. The number of carbonyl (C=O) groups excluding carboxylic acids is 1. The molecule has 1 aromatic carbocycles. The Balaban J connectivity index is 0.00000225. The zero-order chi connectivity index (χ0) is 17.1. The first-order valence-electron chi connectivity index (χ1n) is 8.66. The Bertz CT molecular complexity index is 574. The molecule has 1 aromatic rings. The van der Waals surface area contributed by atoms with Crippen LogP contribution in [0.1, 0.15) is 37.2 Å². The number of rotatable bonds is 6. The van der Waals surface area contributed by atoms with Crippen molar-refractivity contribution in [3.63, 3.8) is 0 Å². The van der Waals surface area contributed by atoms with Crippen LogP contribution in [0.5, 0.6) is 0 Å². The first-order chi connectivity index (χ1) is 11.6. The largest absolute Gasteiger partial charge is 0.378 e. The molecule has 25 heavy (non-hydrogen) atoms. The molecule has 0 aromatic heterocycles. The molecule has 2 atom stereocenters. The predicted molar refractivity (Wildman–Crippen MR) is 98.7 cm³/mol. The van der Waals surface area contributed by atoms with E-state index < -0.39 is 0 Å². The molecule has 2 aliphatic rings. The number of amides is 1. The van der Waals surface area contributed by atoms with Gasteiger partial charge in [0.1, 0.15) is 5.82 Å². The molecule has 1 amide bonds. The van der Waals surface area contributed by atoms with E-state index in [2.05, 4.69) is 0 Å². The molecule has 4 nitrogen and oxygen atoms in total. The number of nitrogens with two attached hydrogens (primary N) is 1. The Hall–Kier alpha value is -0.880. The van der Waals surface area contributed by atoms with Crippen molar-refractivity contribution >= 4 is 29.9 Å². The minimum absolute atomic E-state index is 0. The Morgan fingerprint density at radius 3 is 2.72 bits per heavy atom. The lowest BCUT2D eigenvalue weighted by Crippen LogP contribution is -2.42. The molecular formula is C18H25Cl2FN2O2. The van der Waals surface area contributed by atoms with Gasteiger partial charge in [0.15, 0.2) is 0 Å². The number of likely N-dealkylation sites (tertiary alicyclic amines) is 1. The highest BCUT2D eigenvalue weighted by Gasteiger charge is 2.48. The maximum Gasteiger partial charge on any atom is 0.226 e. The van der Waals surface area contributed by atoms with Crippen molar-refractivity contribution in [1.29, 1.82) is 0 Å². The van der Waals surface area contributed by atoms with Gasteiger partial charge >= 0.3 is 0 Å². The molecule has 2 unspecified atom stereocenters. The molecule has 1 saturated carbocycles. The minimum Gasteiger partial charge on any atom is -0.378 e. The second-order valence-corrected chi connectivity index (χ2v) is 7.03. The topological polar surface area (TPSA) is 55.6 Å². The first-order valence-corrected chi connectivity index (χ1v) is 9.04. The Morgan fingerprint density at radius 2 is 2.08 bits per heavy atom. The second-order valence-electron chi connectivity index (χ2n) is 6.62. The molecule has 0 spiro atoms. The molecule has 140 valence electrons. The molecule has 2 N–H and O–H groups in total. The van der Waals surface area contributed by atoms with E-state index in [1.165, 1.54) is 6.07 Å². The lowest BCUT2D eigenvalue weighted by atomic mass is 10.1.